The van der Waals surface area contributed by atoms with Crippen LogP contribution in [0.4, 0.5) is 14.5 Å². The maximum Gasteiger partial charge on any atom is 0.341 e. The first kappa shape index (κ1) is 33.6. The van der Waals surface area contributed by atoms with Gasteiger partial charge in [-0.1, -0.05) is 12.1 Å². The number of likely N-dealkylation sites (N-methyl/N-ethyl adjacent to an activating group) is 1. The maximum atomic E-state index is 15.4. The highest BCUT2D eigenvalue weighted by Gasteiger charge is 2.23. The summed E-state index contributed by atoms with van der Waals surface area (Å²) in [6.07, 6.45) is 2.17. The van der Waals surface area contributed by atoms with Crippen molar-refractivity contribution >= 4 is 28.5 Å². The van der Waals surface area contributed by atoms with Gasteiger partial charge in [-0.2, -0.15) is 0 Å². The Labute approximate surface area is 271 Å². The molecule has 1 aromatic heterocycles. The van der Waals surface area contributed by atoms with E-state index in [1.807, 2.05) is 17.0 Å². The molecule has 0 spiro atoms. The van der Waals surface area contributed by atoms with Gasteiger partial charge >= 0.3 is 5.97 Å². The molecule has 12 heteroatoms. The van der Waals surface area contributed by atoms with E-state index in [4.69, 9.17) is 4.74 Å². The predicted octanol–water partition coefficient (Wildman–Crippen LogP) is 4.46. The third-order valence-electron chi connectivity index (χ3n) is 8.51. The summed E-state index contributed by atoms with van der Waals surface area (Å²) in [7, 11) is 1.64. The van der Waals surface area contributed by atoms with Crippen LogP contribution in [0, 0.1) is 11.6 Å². The monoisotopic (exact) mass is 648 g/mol. The fourth-order valence-electron chi connectivity index (χ4n) is 5.66. The van der Waals surface area contributed by atoms with Gasteiger partial charge in [-0.15, -0.1) is 0 Å². The van der Waals surface area contributed by atoms with Crippen molar-refractivity contribution in [1.82, 2.24) is 14.4 Å². The van der Waals surface area contributed by atoms with Crippen molar-refractivity contribution in [2.75, 3.05) is 57.8 Å². The predicted molar refractivity (Wildman–Crippen MR) is 175 cm³/mol. The molecule has 1 atom stereocenters. The van der Waals surface area contributed by atoms with E-state index < -0.39 is 34.7 Å². The first-order valence-electron chi connectivity index (χ1n) is 15.5. The lowest BCUT2D eigenvalue weighted by Gasteiger charge is -2.36. The summed E-state index contributed by atoms with van der Waals surface area (Å²) in [4.78, 5) is 41.8. The normalized spacial score (nSPS) is 14.3. The number of piperazine rings is 1. The van der Waals surface area contributed by atoms with E-state index in [0.717, 1.165) is 25.5 Å². The number of halogens is 2. The molecule has 1 amide bonds. The van der Waals surface area contributed by atoms with Crippen molar-refractivity contribution in [3.05, 3.63) is 99.8 Å². The van der Waals surface area contributed by atoms with E-state index in [1.54, 1.807) is 25.2 Å². The van der Waals surface area contributed by atoms with Crippen molar-refractivity contribution in [2.45, 2.75) is 25.9 Å². The number of carbonyl (C=O) groups excluding carboxylic acids is 1. The molecule has 0 radical (unpaired) electrons. The smallest absolute Gasteiger partial charge is 0.341 e. The van der Waals surface area contributed by atoms with Crippen molar-refractivity contribution in [3.8, 4) is 11.4 Å². The molecule has 0 aliphatic carbocycles. The lowest BCUT2D eigenvalue weighted by molar-refractivity contribution is -0.128. The molecule has 4 aromatic rings. The Kier molecular flexibility index (Phi) is 10.5. The topological polar surface area (TPSA) is 116 Å². The van der Waals surface area contributed by atoms with Gasteiger partial charge in [0, 0.05) is 57.4 Å². The minimum Gasteiger partial charge on any atom is -0.494 e. The van der Waals surface area contributed by atoms with Gasteiger partial charge in [0.05, 0.1) is 30.5 Å². The van der Waals surface area contributed by atoms with Crippen molar-refractivity contribution in [3.63, 3.8) is 0 Å². The molecule has 2 heterocycles. The molecule has 47 heavy (non-hydrogen) atoms. The van der Waals surface area contributed by atoms with Gasteiger partial charge < -0.3 is 29.3 Å². The molecule has 3 aromatic carbocycles. The van der Waals surface area contributed by atoms with Gasteiger partial charge in [0.1, 0.15) is 22.9 Å². The molecule has 0 saturated carbocycles. The first-order valence-corrected chi connectivity index (χ1v) is 15.5. The highest BCUT2D eigenvalue weighted by molar-refractivity contribution is 5.94. The SMILES string of the molecule is CC(=O)N(C)C[C@H](O)c1ccc(OCCCCN2CCN(c3cc4c(cc3F)c(=O)c(C(=O)O)cn4-c3ccc(F)cc3)CC2)cc1. The molecule has 2 N–H and O–H groups in total. The van der Waals surface area contributed by atoms with Gasteiger partial charge in [0.2, 0.25) is 11.3 Å². The zero-order valence-corrected chi connectivity index (χ0v) is 26.4. The van der Waals surface area contributed by atoms with Crippen LogP contribution in [0.5, 0.6) is 5.75 Å². The number of fused-ring (bicyclic) bond motifs is 1. The van der Waals surface area contributed by atoms with Crippen LogP contribution in [0.2, 0.25) is 0 Å². The van der Waals surface area contributed by atoms with Crippen molar-refractivity contribution < 1.29 is 33.3 Å². The van der Waals surface area contributed by atoms with Crippen LogP contribution in [0.3, 0.4) is 0 Å². The molecule has 1 saturated heterocycles. The van der Waals surface area contributed by atoms with Crippen LogP contribution in [-0.2, 0) is 4.79 Å². The van der Waals surface area contributed by atoms with Crippen LogP contribution in [0.25, 0.3) is 16.6 Å². The summed E-state index contributed by atoms with van der Waals surface area (Å²) in [5.41, 5.74) is 0.509. The highest BCUT2D eigenvalue weighted by Crippen LogP contribution is 2.28. The molecule has 5 rings (SSSR count). The molecule has 1 aliphatic rings. The minimum atomic E-state index is -1.43. The number of nitrogens with zero attached hydrogens (tertiary/aromatic N) is 4. The number of rotatable bonds is 12. The maximum absolute atomic E-state index is 15.4. The Balaban J connectivity index is 1.15. The number of aromatic carboxylic acids is 1. The number of aliphatic hydroxyl groups excluding tert-OH is 1. The Morgan fingerprint density at radius 1 is 0.979 bits per heavy atom. The van der Waals surface area contributed by atoms with E-state index in [0.29, 0.717) is 61.0 Å². The lowest BCUT2D eigenvalue weighted by atomic mass is 10.1. The summed E-state index contributed by atoms with van der Waals surface area (Å²) in [5, 5.41) is 19.9. The van der Waals surface area contributed by atoms with Gasteiger partial charge in [0.15, 0.2) is 0 Å². The second kappa shape index (κ2) is 14.7. The van der Waals surface area contributed by atoms with Crippen LogP contribution < -0.4 is 15.1 Å². The molecule has 0 bridgehead atoms. The number of hydrogen-bond donors (Lipinski definition) is 2. The van der Waals surface area contributed by atoms with E-state index >= 15 is 4.39 Å². The van der Waals surface area contributed by atoms with E-state index in [9.17, 15) is 29.0 Å². The fraction of sp³-hybridized carbons (Fsp3) is 0.343. The number of ether oxygens (including phenoxy) is 1. The number of hydrogen-bond acceptors (Lipinski definition) is 7. The molecule has 0 unspecified atom stereocenters. The summed E-state index contributed by atoms with van der Waals surface area (Å²) in [6, 6.07) is 15.3. The largest absolute Gasteiger partial charge is 0.494 e. The van der Waals surface area contributed by atoms with Crippen LogP contribution >= 0.6 is 0 Å². The van der Waals surface area contributed by atoms with Gasteiger partial charge in [-0.3, -0.25) is 14.5 Å². The number of carboxylic acids is 1. The van der Waals surface area contributed by atoms with Gasteiger partial charge in [-0.05, 0) is 73.5 Å². The lowest BCUT2D eigenvalue weighted by Crippen LogP contribution is -2.47. The average Bonchev–Trinajstić information content (AvgIpc) is 3.05. The number of anilines is 1. The second-order valence-corrected chi connectivity index (χ2v) is 11.7. The number of unbranched alkanes of at least 4 members (excludes halogenated alkanes) is 1. The Morgan fingerprint density at radius 2 is 1.66 bits per heavy atom. The number of carboxylic acid groups (broad SMARTS) is 1. The zero-order valence-electron chi connectivity index (χ0n) is 26.4. The van der Waals surface area contributed by atoms with Crippen molar-refractivity contribution in [2.24, 2.45) is 0 Å². The number of amides is 1. The van der Waals surface area contributed by atoms with Crippen LogP contribution in [-0.4, -0.2) is 89.4 Å². The number of aromatic nitrogens is 1. The molecule has 1 aliphatic heterocycles. The highest BCUT2D eigenvalue weighted by atomic mass is 19.1. The minimum absolute atomic E-state index is 0.0673. The Hall–Kier alpha value is -4.81. The number of pyridine rings is 1. The van der Waals surface area contributed by atoms with Crippen LogP contribution in [0.15, 0.2) is 71.7 Å². The summed E-state index contributed by atoms with van der Waals surface area (Å²) in [6.45, 7) is 5.62. The standard InChI is InChI=1S/C35H38F2N4O6/c1-23(42)38(2)22-33(43)24-5-11-27(12-6-24)47-18-4-3-13-39-14-16-40(17-15-39)32-20-31-28(19-30(32)37)34(44)29(35(45)46)21-41(31)26-9-7-25(36)8-10-26/h5-12,19-21,33,43H,3-4,13-18,22H2,1-2H3,(H,45,46)/t33-/m0/s1. The van der Waals surface area contributed by atoms with E-state index in [-0.39, 0.29) is 17.8 Å². The molecular weight excluding hydrogens is 610 g/mol. The van der Waals surface area contributed by atoms with Gasteiger partial charge in [0.25, 0.3) is 0 Å². The fourth-order valence-corrected chi connectivity index (χ4v) is 5.66. The van der Waals surface area contributed by atoms with E-state index in [1.165, 1.54) is 46.9 Å². The molecule has 10 nitrogen and oxygen atoms in total. The number of aliphatic hydroxyl groups is 1. The third-order valence-corrected chi connectivity index (χ3v) is 8.51. The average molecular weight is 649 g/mol. The van der Waals surface area contributed by atoms with Gasteiger partial charge in [-0.25, -0.2) is 13.6 Å². The number of carbonyl (C=O) groups is 2. The Bertz CT molecular complexity index is 1790. The summed E-state index contributed by atoms with van der Waals surface area (Å²) >= 11 is 0. The summed E-state index contributed by atoms with van der Waals surface area (Å²) in [5.74, 6) is -1.91. The first-order chi connectivity index (χ1) is 22.5. The molecule has 1 fully saturated rings. The summed E-state index contributed by atoms with van der Waals surface area (Å²) < 4.78 is 36.4. The van der Waals surface area contributed by atoms with Crippen molar-refractivity contribution in [1.29, 1.82) is 0 Å². The molecular formula is C35H38F2N4O6. The quantitative estimate of drug-likeness (QED) is 0.217. The Morgan fingerprint density at radius 3 is 2.30 bits per heavy atom. The van der Waals surface area contributed by atoms with Crippen LogP contribution in [0.1, 0.15) is 41.8 Å². The zero-order chi connectivity index (χ0) is 33.7. The third kappa shape index (κ3) is 7.95. The molecule has 248 valence electrons. The second-order valence-electron chi connectivity index (χ2n) is 11.7. The van der Waals surface area contributed by atoms with E-state index in [2.05, 4.69) is 4.90 Å². The number of benzene rings is 3.